The lowest BCUT2D eigenvalue weighted by Gasteiger charge is -2.30. The molecule has 19 heavy (non-hydrogen) atoms. The fourth-order valence-corrected chi connectivity index (χ4v) is 2.69. The average Bonchev–Trinajstić information content (AvgIpc) is 2.33. The number of Topliss-reactive ketones (excluding diaryl/α,β-unsaturated/α-hetero) is 1. The van der Waals surface area contributed by atoms with Crippen molar-refractivity contribution in [2.75, 3.05) is 0 Å². The van der Waals surface area contributed by atoms with Gasteiger partial charge in [-0.25, -0.2) is 0 Å². The number of ether oxygens (including phenoxy) is 1. The molecule has 0 saturated heterocycles. The van der Waals surface area contributed by atoms with E-state index in [1.54, 1.807) is 0 Å². The van der Waals surface area contributed by atoms with Crippen molar-refractivity contribution < 1.29 is 9.53 Å². The summed E-state index contributed by atoms with van der Waals surface area (Å²) in [5.41, 5.74) is 2.35. The lowest BCUT2D eigenvalue weighted by Crippen LogP contribution is -2.25. The Balaban J connectivity index is 2.12. The van der Waals surface area contributed by atoms with Crippen molar-refractivity contribution >= 4 is 21.7 Å². The number of hydrogen-bond acceptors (Lipinski definition) is 2. The molecule has 0 radical (unpaired) electrons. The van der Waals surface area contributed by atoms with Gasteiger partial charge in [0.25, 0.3) is 0 Å². The minimum atomic E-state index is -0.0184. The zero-order valence-corrected chi connectivity index (χ0v) is 13.2. The van der Waals surface area contributed by atoms with E-state index in [1.165, 1.54) is 5.56 Å². The number of hydrogen-bond donors (Lipinski definition) is 0. The van der Waals surface area contributed by atoms with E-state index in [4.69, 9.17) is 4.74 Å². The van der Waals surface area contributed by atoms with Crippen LogP contribution in [0.5, 0.6) is 0 Å². The van der Waals surface area contributed by atoms with Crippen LogP contribution in [0.3, 0.4) is 0 Å². The molecule has 1 aliphatic carbocycles. The fraction of sp³-hybridized carbons (Fsp3) is 0.438. The van der Waals surface area contributed by atoms with E-state index in [-0.39, 0.29) is 11.2 Å². The summed E-state index contributed by atoms with van der Waals surface area (Å²) in [6, 6.07) is 8.14. The standard InChI is InChI=1S/C16H19BrO2/c1-11-6-4-5-7-12(11)10-19-14-9-16(2,3)8-13(18)15(14)17/h4-7H,8-10H2,1-3H3. The molecule has 0 saturated carbocycles. The summed E-state index contributed by atoms with van der Waals surface area (Å²) in [4.78, 5) is 11.9. The molecule has 102 valence electrons. The van der Waals surface area contributed by atoms with Gasteiger partial charge in [-0.1, -0.05) is 38.1 Å². The first-order chi connectivity index (χ1) is 8.89. The molecule has 0 aliphatic heterocycles. The minimum Gasteiger partial charge on any atom is -0.492 e. The van der Waals surface area contributed by atoms with E-state index in [1.807, 2.05) is 12.1 Å². The third kappa shape index (κ3) is 3.47. The predicted molar refractivity (Wildman–Crippen MR) is 79.9 cm³/mol. The molecule has 1 aliphatic rings. The van der Waals surface area contributed by atoms with E-state index in [9.17, 15) is 4.79 Å². The molecule has 1 aromatic rings. The summed E-state index contributed by atoms with van der Waals surface area (Å²) >= 11 is 3.37. The third-order valence-electron chi connectivity index (χ3n) is 3.43. The zero-order chi connectivity index (χ0) is 14.0. The van der Waals surface area contributed by atoms with Crippen LogP contribution in [-0.2, 0) is 16.1 Å². The molecule has 2 rings (SSSR count). The Labute approximate surface area is 123 Å². The summed E-state index contributed by atoms with van der Waals surface area (Å²) < 4.78 is 6.49. The smallest absolute Gasteiger partial charge is 0.173 e. The van der Waals surface area contributed by atoms with E-state index >= 15 is 0 Å². The minimum absolute atomic E-state index is 0.0184. The molecule has 0 fully saturated rings. The highest BCUT2D eigenvalue weighted by Crippen LogP contribution is 2.39. The highest BCUT2D eigenvalue weighted by Gasteiger charge is 2.32. The Morgan fingerprint density at radius 3 is 2.63 bits per heavy atom. The monoisotopic (exact) mass is 322 g/mol. The van der Waals surface area contributed by atoms with Crippen molar-refractivity contribution in [1.29, 1.82) is 0 Å². The Morgan fingerprint density at radius 1 is 1.26 bits per heavy atom. The number of carbonyl (C=O) groups is 1. The van der Waals surface area contributed by atoms with E-state index < -0.39 is 0 Å². The average molecular weight is 323 g/mol. The van der Waals surface area contributed by atoms with Gasteiger partial charge in [-0.2, -0.15) is 0 Å². The summed E-state index contributed by atoms with van der Waals surface area (Å²) in [6.07, 6.45) is 1.37. The van der Waals surface area contributed by atoms with Crippen LogP contribution < -0.4 is 0 Å². The first-order valence-corrected chi connectivity index (χ1v) is 7.27. The number of aryl methyl sites for hydroxylation is 1. The van der Waals surface area contributed by atoms with Gasteiger partial charge < -0.3 is 4.74 Å². The second-order valence-corrected chi connectivity index (χ2v) is 6.69. The summed E-state index contributed by atoms with van der Waals surface area (Å²) in [5, 5.41) is 0. The number of halogens is 1. The lowest BCUT2D eigenvalue weighted by molar-refractivity contribution is -0.117. The number of carbonyl (C=O) groups excluding carboxylic acids is 1. The molecule has 2 nitrogen and oxygen atoms in total. The van der Waals surface area contributed by atoms with Crippen molar-refractivity contribution in [3.63, 3.8) is 0 Å². The van der Waals surface area contributed by atoms with Crippen LogP contribution in [0.2, 0.25) is 0 Å². The topological polar surface area (TPSA) is 26.3 Å². The lowest BCUT2D eigenvalue weighted by atomic mass is 9.79. The Morgan fingerprint density at radius 2 is 1.95 bits per heavy atom. The Hall–Kier alpha value is -1.09. The highest BCUT2D eigenvalue weighted by molar-refractivity contribution is 9.12. The molecule has 0 atom stereocenters. The number of benzene rings is 1. The third-order valence-corrected chi connectivity index (χ3v) is 4.32. The molecule has 0 aromatic heterocycles. The van der Waals surface area contributed by atoms with Crippen LogP contribution in [0, 0.1) is 12.3 Å². The quantitative estimate of drug-likeness (QED) is 0.818. The normalized spacial score (nSPS) is 18.6. The van der Waals surface area contributed by atoms with Gasteiger partial charge in [0.15, 0.2) is 5.78 Å². The van der Waals surface area contributed by atoms with Gasteiger partial charge in [-0.3, -0.25) is 4.79 Å². The van der Waals surface area contributed by atoms with Crippen LogP contribution in [0.1, 0.15) is 37.8 Å². The Kier molecular flexibility index (Phi) is 4.14. The molecule has 0 amide bonds. The van der Waals surface area contributed by atoms with Gasteiger partial charge in [-0.15, -0.1) is 0 Å². The van der Waals surface area contributed by atoms with Gasteiger partial charge in [0, 0.05) is 12.8 Å². The largest absolute Gasteiger partial charge is 0.492 e. The second-order valence-electron chi connectivity index (χ2n) is 5.89. The van der Waals surface area contributed by atoms with Gasteiger partial charge in [0.2, 0.25) is 0 Å². The van der Waals surface area contributed by atoms with Crippen molar-refractivity contribution in [3.05, 3.63) is 45.6 Å². The first-order valence-electron chi connectivity index (χ1n) is 6.48. The number of rotatable bonds is 3. The maximum atomic E-state index is 11.9. The van der Waals surface area contributed by atoms with Crippen LogP contribution in [-0.4, -0.2) is 5.78 Å². The molecule has 3 heteroatoms. The van der Waals surface area contributed by atoms with Crippen LogP contribution in [0.4, 0.5) is 0 Å². The van der Waals surface area contributed by atoms with E-state index in [0.29, 0.717) is 17.5 Å². The van der Waals surface area contributed by atoms with Gasteiger partial charge in [0.1, 0.15) is 12.4 Å². The van der Waals surface area contributed by atoms with Gasteiger partial charge in [0.05, 0.1) is 4.48 Å². The van der Waals surface area contributed by atoms with Crippen molar-refractivity contribution in [2.45, 2.75) is 40.2 Å². The van der Waals surface area contributed by atoms with Gasteiger partial charge >= 0.3 is 0 Å². The van der Waals surface area contributed by atoms with Crippen LogP contribution in [0.15, 0.2) is 34.5 Å². The van der Waals surface area contributed by atoms with Crippen LogP contribution in [0.25, 0.3) is 0 Å². The molecular weight excluding hydrogens is 304 g/mol. The van der Waals surface area contributed by atoms with E-state index in [2.05, 4.69) is 48.8 Å². The van der Waals surface area contributed by atoms with Crippen molar-refractivity contribution in [1.82, 2.24) is 0 Å². The highest BCUT2D eigenvalue weighted by atomic mass is 79.9. The molecule has 0 heterocycles. The Bertz CT molecular complexity index is 529. The van der Waals surface area contributed by atoms with E-state index in [0.717, 1.165) is 17.7 Å². The molecule has 0 unspecified atom stereocenters. The van der Waals surface area contributed by atoms with Gasteiger partial charge in [-0.05, 0) is 39.4 Å². The summed E-state index contributed by atoms with van der Waals surface area (Å²) in [6.45, 7) is 6.78. The fourth-order valence-electron chi connectivity index (χ4n) is 2.29. The van der Waals surface area contributed by atoms with Crippen LogP contribution >= 0.6 is 15.9 Å². The number of allylic oxidation sites excluding steroid dienone is 2. The van der Waals surface area contributed by atoms with Crippen molar-refractivity contribution in [3.8, 4) is 0 Å². The SMILES string of the molecule is Cc1ccccc1COC1=C(Br)C(=O)CC(C)(C)C1. The molecule has 0 N–H and O–H groups in total. The predicted octanol–water partition coefficient (Wildman–Crippen LogP) is 4.51. The first kappa shape index (κ1) is 14.3. The summed E-state index contributed by atoms with van der Waals surface area (Å²) in [7, 11) is 0. The molecule has 1 aromatic carbocycles. The molecular formula is C16H19BrO2. The maximum absolute atomic E-state index is 11.9. The zero-order valence-electron chi connectivity index (χ0n) is 11.6. The second kappa shape index (κ2) is 5.49. The maximum Gasteiger partial charge on any atom is 0.173 e. The molecule has 0 bridgehead atoms. The number of ketones is 1. The summed E-state index contributed by atoms with van der Waals surface area (Å²) in [5.74, 6) is 0.917. The molecule has 0 spiro atoms. The van der Waals surface area contributed by atoms with Crippen molar-refractivity contribution in [2.24, 2.45) is 5.41 Å².